The van der Waals surface area contributed by atoms with Crippen LogP contribution in [0.1, 0.15) is 18.4 Å². The third-order valence-corrected chi connectivity index (χ3v) is 6.21. The van der Waals surface area contributed by atoms with Crippen molar-refractivity contribution in [3.05, 3.63) is 54.7 Å². The highest BCUT2D eigenvalue weighted by Gasteiger charge is 2.25. The molecular weight excluding hydrogens is 390 g/mol. The van der Waals surface area contributed by atoms with Crippen LogP contribution in [-0.4, -0.2) is 69.9 Å². The number of morpholine rings is 1. The highest BCUT2D eigenvalue weighted by molar-refractivity contribution is 5.60. The lowest BCUT2D eigenvalue weighted by Crippen LogP contribution is -2.49. The minimum Gasteiger partial charge on any atom is -0.379 e. The first-order valence-corrected chi connectivity index (χ1v) is 11.0. The van der Waals surface area contributed by atoms with Gasteiger partial charge in [0.1, 0.15) is 12.1 Å². The molecule has 2 fully saturated rings. The standard InChI is InChI=1S/C23H29N7O/c1-18-16-25-23(27-22(18)30-11-8-24-17-30)26-19-2-4-20(5-3-19)28-9-6-21(7-10-28)29-12-14-31-15-13-29/h2-5,8,11,16-17,21H,6-7,9-10,12-15H2,1H3,(H,25,26,27). The van der Waals surface area contributed by atoms with Crippen LogP contribution in [0.25, 0.3) is 5.82 Å². The number of imidazole rings is 1. The van der Waals surface area contributed by atoms with E-state index in [2.05, 4.69) is 54.3 Å². The van der Waals surface area contributed by atoms with Crippen LogP contribution in [0.4, 0.5) is 17.3 Å². The molecule has 4 heterocycles. The van der Waals surface area contributed by atoms with Crippen molar-refractivity contribution < 1.29 is 4.74 Å². The van der Waals surface area contributed by atoms with Crippen LogP contribution >= 0.6 is 0 Å². The van der Waals surface area contributed by atoms with Gasteiger partial charge >= 0.3 is 0 Å². The first-order valence-electron chi connectivity index (χ1n) is 11.0. The predicted octanol–water partition coefficient (Wildman–Crippen LogP) is 3.02. The normalized spacial score (nSPS) is 18.3. The summed E-state index contributed by atoms with van der Waals surface area (Å²) in [6.07, 6.45) is 9.64. The molecule has 2 saturated heterocycles. The van der Waals surface area contributed by atoms with Gasteiger partial charge in [0.2, 0.25) is 5.95 Å². The van der Waals surface area contributed by atoms with Crippen LogP contribution in [0.15, 0.2) is 49.2 Å². The Morgan fingerprint density at radius 3 is 2.52 bits per heavy atom. The van der Waals surface area contributed by atoms with Crippen LogP contribution in [0.5, 0.6) is 0 Å². The number of aryl methyl sites for hydroxylation is 1. The van der Waals surface area contributed by atoms with Crippen LogP contribution in [0, 0.1) is 6.92 Å². The predicted molar refractivity (Wildman–Crippen MR) is 121 cm³/mol. The molecule has 162 valence electrons. The molecule has 8 heteroatoms. The molecule has 2 aromatic heterocycles. The molecule has 0 bridgehead atoms. The lowest BCUT2D eigenvalue weighted by Gasteiger charge is -2.40. The van der Waals surface area contributed by atoms with Crippen molar-refractivity contribution in [1.29, 1.82) is 0 Å². The Balaban J connectivity index is 1.21. The second-order valence-corrected chi connectivity index (χ2v) is 8.21. The summed E-state index contributed by atoms with van der Waals surface area (Å²) in [6.45, 7) is 8.11. The number of ether oxygens (including phenoxy) is 1. The monoisotopic (exact) mass is 419 g/mol. The zero-order valence-electron chi connectivity index (χ0n) is 17.9. The fourth-order valence-corrected chi connectivity index (χ4v) is 4.46. The Morgan fingerprint density at radius 2 is 1.81 bits per heavy atom. The smallest absolute Gasteiger partial charge is 0.229 e. The summed E-state index contributed by atoms with van der Waals surface area (Å²) < 4.78 is 7.39. The molecule has 1 N–H and O–H groups in total. The first kappa shape index (κ1) is 20.0. The Kier molecular flexibility index (Phi) is 5.82. The summed E-state index contributed by atoms with van der Waals surface area (Å²) in [6, 6.07) is 9.27. The highest BCUT2D eigenvalue weighted by Crippen LogP contribution is 2.25. The van der Waals surface area contributed by atoms with Crippen molar-refractivity contribution in [2.24, 2.45) is 0 Å². The lowest BCUT2D eigenvalue weighted by atomic mass is 10.0. The minimum atomic E-state index is 0.577. The molecule has 0 aliphatic carbocycles. The molecule has 0 spiro atoms. The molecule has 1 aromatic carbocycles. The Bertz CT molecular complexity index is 976. The van der Waals surface area contributed by atoms with Gasteiger partial charge in [-0.25, -0.2) is 9.97 Å². The summed E-state index contributed by atoms with van der Waals surface area (Å²) in [5.41, 5.74) is 3.25. The van der Waals surface area contributed by atoms with Gasteiger partial charge < -0.3 is 15.0 Å². The maximum Gasteiger partial charge on any atom is 0.229 e. The molecular formula is C23H29N7O. The lowest BCUT2D eigenvalue weighted by molar-refractivity contribution is 0.0115. The Hall–Kier alpha value is -2.97. The van der Waals surface area contributed by atoms with Crippen LogP contribution in [-0.2, 0) is 4.74 Å². The van der Waals surface area contributed by atoms with Crippen molar-refractivity contribution in [2.75, 3.05) is 49.6 Å². The quantitative estimate of drug-likeness (QED) is 0.682. The van der Waals surface area contributed by atoms with E-state index in [1.54, 1.807) is 12.5 Å². The second-order valence-electron chi connectivity index (χ2n) is 8.21. The number of aromatic nitrogens is 4. The zero-order chi connectivity index (χ0) is 21.0. The molecule has 0 saturated carbocycles. The molecule has 0 atom stereocenters. The molecule has 0 radical (unpaired) electrons. The molecule has 5 rings (SSSR count). The third kappa shape index (κ3) is 4.55. The van der Waals surface area contributed by atoms with Gasteiger partial charge in [0, 0.05) is 67.7 Å². The van der Waals surface area contributed by atoms with E-state index in [-0.39, 0.29) is 0 Å². The van der Waals surface area contributed by atoms with Crippen molar-refractivity contribution in [3.63, 3.8) is 0 Å². The molecule has 8 nitrogen and oxygen atoms in total. The first-order chi connectivity index (χ1) is 15.3. The van der Waals surface area contributed by atoms with E-state index in [0.717, 1.165) is 56.5 Å². The van der Waals surface area contributed by atoms with Gasteiger partial charge in [-0.05, 0) is 44.0 Å². The van der Waals surface area contributed by atoms with Gasteiger partial charge in [0.15, 0.2) is 0 Å². The topological polar surface area (TPSA) is 71.3 Å². The molecule has 2 aliphatic heterocycles. The summed E-state index contributed by atoms with van der Waals surface area (Å²) in [5.74, 6) is 1.41. The van der Waals surface area contributed by atoms with Gasteiger partial charge in [0.25, 0.3) is 0 Å². The molecule has 31 heavy (non-hydrogen) atoms. The maximum atomic E-state index is 5.49. The van der Waals surface area contributed by atoms with E-state index in [4.69, 9.17) is 4.74 Å². The van der Waals surface area contributed by atoms with Crippen molar-refractivity contribution in [1.82, 2.24) is 24.4 Å². The number of piperidine rings is 1. The highest BCUT2D eigenvalue weighted by atomic mass is 16.5. The fraction of sp³-hybridized carbons (Fsp3) is 0.435. The third-order valence-electron chi connectivity index (χ3n) is 6.21. The Morgan fingerprint density at radius 1 is 1.03 bits per heavy atom. The zero-order valence-corrected chi connectivity index (χ0v) is 17.9. The number of hydrogen-bond acceptors (Lipinski definition) is 7. The molecule has 2 aliphatic rings. The fourth-order valence-electron chi connectivity index (χ4n) is 4.46. The van der Waals surface area contributed by atoms with Crippen LogP contribution < -0.4 is 10.2 Å². The van der Waals surface area contributed by atoms with E-state index < -0.39 is 0 Å². The molecule has 3 aromatic rings. The Labute approximate surface area is 182 Å². The SMILES string of the molecule is Cc1cnc(Nc2ccc(N3CCC(N4CCOCC4)CC3)cc2)nc1-n1ccnc1. The van der Waals surface area contributed by atoms with E-state index in [1.807, 2.05) is 23.9 Å². The summed E-state index contributed by atoms with van der Waals surface area (Å²) in [7, 11) is 0. The average molecular weight is 420 g/mol. The van der Waals surface area contributed by atoms with Crippen molar-refractivity contribution in [2.45, 2.75) is 25.8 Å². The largest absolute Gasteiger partial charge is 0.379 e. The minimum absolute atomic E-state index is 0.577. The van der Waals surface area contributed by atoms with Gasteiger partial charge in [-0.15, -0.1) is 0 Å². The number of hydrogen-bond donors (Lipinski definition) is 1. The van der Waals surface area contributed by atoms with Crippen LogP contribution in [0.3, 0.4) is 0 Å². The van der Waals surface area contributed by atoms with Gasteiger partial charge in [-0.2, -0.15) is 4.98 Å². The van der Waals surface area contributed by atoms with Gasteiger partial charge in [-0.3, -0.25) is 9.47 Å². The van der Waals surface area contributed by atoms with E-state index in [1.165, 1.54) is 18.5 Å². The number of benzene rings is 1. The number of rotatable bonds is 5. The second kappa shape index (κ2) is 9.03. The van der Waals surface area contributed by atoms with E-state index in [9.17, 15) is 0 Å². The van der Waals surface area contributed by atoms with Gasteiger partial charge in [-0.1, -0.05) is 0 Å². The number of nitrogens with one attached hydrogen (secondary N) is 1. The number of anilines is 3. The molecule has 0 amide bonds. The number of nitrogens with zero attached hydrogens (tertiary/aromatic N) is 6. The maximum absolute atomic E-state index is 5.49. The van der Waals surface area contributed by atoms with Gasteiger partial charge in [0.05, 0.1) is 13.2 Å². The average Bonchev–Trinajstić information content (AvgIpc) is 3.36. The summed E-state index contributed by atoms with van der Waals surface area (Å²) in [5, 5.41) is 3.32. The van der Waals surface area contributed by atoms with Crippen LogP contribution in [0.2, 0.25) is 0 Å². The van der Waals surface area contributed by atoms with E-state index >= 15 is 0 Å². The summed E-state index contributed by atoms with van der Waals surface area (Å²) >= 11 is 0. The molecule has 0 unspecified atom stereocenters. The van der Waals surface area contributed by atoms with E-state index in [0.29, 0.717) is 12.0 Å². The van der Waals surface area contributed by atoms with Crippen molar-refractivity contribution >= 4 is 17.3 Å². The summed E-state index contributed by atoms with van der Waals surface area (Å²) in [4.78, 5) is 18.3. The van der Waals surface area contributed by atoms with Crippen molar-refractivity contribution in [3.8, 4) is 5.82 Å².